The molecule has 0 fully saturated rings. The topological polar surface area (TPSA) is 63.0 Å². The zero-order valence-corrected chi connectivity index (χ0v) is 11.8. The second-order valence-electron chi connectivity index (χ2n) is 4.62. The van der Waals surface area contributed by atoms with Crippen LogP contribution < -0.4 is 0 Å². The molecule has 0 bridgehead atoms. The van der Waals surface area contributed by atoms with Crippen LogP contribution in [0.2, 0.25) is 0 Å². The third-order valence-electron chi connectivity index (χ3n) is 1.88. The fraction of sp³-hybridized carbons (Fsp3) is 0.417. The van der Waals surface area contributed by atoms with Gasteiger partial charge in [-0.3, -0.25) is 9.78 Å². The van der Waals surface area contributed by atoms with E-state index in [-0.39, 0.29) is 5.69 Å². The Morgan fingerprint density at radius 2 is 2.22 bits per heavy atom. The third-order valence-corrected chi connectivity index (χ3v) is 2.31. The zero-order chi connectivity index (χ0) is 13.9. The number of esters is 1. The van der Waals surface area contributed by atoms with Crippen LogP contribution in [0.25, 0.3) is 0 Å². The van der Waals surface area contributed by atoms with Crippen molar-refractivity contribution >= 4 is 21.9 Å². The Labute approximate surface area is 113 Å². The smallest absolute Gasteiger partial charge is 0.330 e. The number of aromatic nitrogens is 1. The predicted octanol–water partition coefficient (Wildman–Crippen LogP) is 2.93. The van der Waals surface area contributed by atoms with E-state index in [2.05, 4.69) is 20.9 Å². The van der Waals surface area contributed by atoms with Crippen LogP contribution in [0.1, 0.15) is 32.4 Å². The second kappa shape index (κ2) is 5.44. The number of rotatable bonds is 2. The van der Waals surface area contributed by atoms with Crippen LogP contribution in [0.4, 0.5) is 4.39 Å². The van der Waals surface area contributed by atoms with Gasteiger partial charge in [-0.05, 0) is 42.8 Å². The highest BCUT2D eigenvalue weighted by atomic mass is 79.9. The van der Waals surface area contributed by atoms with Crippen LogP contribution >= 0.6 is 15.9 Å². The SMILES string of the molecule is CC(C)(C)OC(=O)C(C#N)c1ncc(Br)cc1F. The lowest BCUT2D eigenvalue weighted by Gasteiger charge is -2.21. The summed E-state index contributed by atoms with van der Waals surface area (Å²) in [5, 5.41) is 8.97. The molecule has 96 valence electrons. The van der Waals surface area contributed by atoms with E-state index in [1.807, 2.05) is 0 Å². The van der Waals surface area contributed by atoms with Crippen molar-refractivity contribution in [1.29, 1.82) is 5.26 Å². The van der Waals surface area contributed by atoms with E-state index >= 15 is 0 Å². The van der Waals surface area contributed by atoms with Gasteiger partial charge in [-0.2, -0.15) is 5.26 Å². The van der Waals surface area contributed by atoms with Gasteiger partial charge >= 0.3 is 5.97 Å². The Kier molecular flexibility index (Phi) is 4.41. The first-order valence-corrected chi connectivity index (χ1v) is 5.97. The average Bonchev–Trinajstić information content (AvgIpc) is 2.19. The Morgan fingerprint density at radius 3 is 2.67 bits per heavy atom. The van der Waals surface area contributed by atoms with Crippen molar-refractivity contribution < 1.29 is 13.9 Å². The number of nitriles is 1. The fourth-order valence-corrected chi connectivity index (χ4v) is 1.53. The van der Waals surface area contributed by atoms with E-state index in [9.17, 15) is 9.18 Å². The fourth-order valence-electron chi connectivity index (χ4n) is 1.22. The van der Waals surface area contributed by atoms with Crippen molar-refractivity contribution in [2.45, 2.75) is 32.3 Å². The first kappa shape index (κ1) is 14.6. The Bertz CT molecular complexity index is 506. The summed E-state index contributed by atoms with van der Waals surface area (Å²) in [5.41, 5.74) is -0.965. The van der Waals surface area contributed by atoms with Gasteiger partial charge in [-0.25, -0.2) is 4.39 Å². The molecule has 0 aromatic carbocycles. The Balaban J connectivity index is 3.04. The molecule has 0 saturated carbocycles. The van der Waals surface area contributed by atoms with E-state index in [0.717, 1.165) is 6.07 Å². The largest absolute Gasteiger partial charge is 0.459 e. The number of hydrogen-bond donors (Lipinski definition) is 0. The molecule has 6 heteroatoms. The summed E-state index contributed by atoms with van der Waals surface area (Å²) in [6, 6.07) is 2.86. The van der Waals surface area contributed by atoms with Gasteiger partial charge in [0.1, 0.15) is 17.1 Å². The molecule has 0 N–H and O–H groups in total. The molecule has 0 aliphatic rings. The van der Waals surface area contributed by atoms with Crippen LogP contribution in [0, 0.1) is 17.1 Å². The normalized spacial score (nSPS) is 12.7. The molecule has 0 amide bonds. The van der Waals surface area contributed by atoms with Gasteiger partial charge in [-0.1, -0.05) is 0 Å². The summed E-state index contributed by atoms with van der Waals surface area (Å²) in [6.45, 7) is 5.01. The molecule has 4 nitrogen and oxygen atoms in total. The molecule has 18 heavy (non-hydrogen) atoms. The predicted molar refractivity (Wildman–Crippen MR) is 66.1 cm³/mol. The van der Waals surface area contributed by atoms with E-state index in [4.69, 9.17) is 10.00 Å². The first-order valence-electron chi connectivity index (χ1n) is 5.18. The van der Waals surface area contributed by atoms with Crippen molar-refractivity contribution in [3.63, 3.8) is 0 Å². The Hall–Kier alpha value is -1.48. The number of hydrogen-bond acceptors (Lipinski definition) is 4. The number of pyridine rings is 1. The number of ether oxygens (including phenoxy) is 1. The number of halogens is 2. The number of carbonyl (C=O) groups is 1. The molecule has 1 aromatic heterocycles. The Morgan fingerprint density at radius 1 is 1.61 bits per heavy atom. The summed E-state index contributed by atoms with van der Waals surface area (Å²) in [6.07, 6.45) is 1.33. The van der Waals surface area contributed by atoms with Crippen molar-refractivity contribution in [3.05, 3.63) is 28.2 Å². The first-order chi connectivity index (χ1) is 8.24. The van der Waals surface area contributed by atoms with Crippen LogP contribution in [0.3, 0.4) is 0 Å². The van der Waals surface area contributed by atoms with Gasteiger partial charge < -0.3 is 4.74 Å². The average molecular weight is 315 g/mol. The van der Waals surface area contributed by atoms with Gasteiger partial charge in [0.05, 0.1) is 6.07 Å². The lowest BCUT2D eigenvalue weighted by atomic mass is 10.1. The summed E-state index contributed by atoms with van der Waals surface area (Å²) < 4.78 is 19.1. The van der Waals surface area contributed by atoms with Crippen molar-refractivity contribution in [3.8, 4) is 6.07 Å². The molecule has 0 saturated heterocycles. The van der Waals surface area contributed by atoms with Gasteiger partial charge in [-0.15, -0.1) is 0 Å². The van der Waals surface area contributed by atoms with Gasteiger partial charge in [0.2, 0.25) is 0 Å². The maximum absolute atomic E-state index is 13.6. The minimum Gasteiger partial charge on any atom is -0.459 e. The van der Waals surface area contributed by atoms with E-state index in [0.29, 0.717) is 4.47 Å². The molecule has 1 rings (SSSR count). The van der Waals surface area contributed by atoms with Crippen LogP contribution in [0.5, 0.6) is 0 Å². The van der Waals surface area contributed by atoms with Crippen LogP contribution in [-0.4, -0.2) is 16.6 Å². The molecular formula is C12H12BrFN2O2. The molecule has 0 radical (unpaired) electrons. The summed E-state index contributed by atoms with van der Waals surface area (Å²) in [4.78, 5) is 15.5. The van der Waals surface area contributed by atoms with Crippen LogP contribution in [0.15, 0.2) is 16.7 Å². The summed E-state index contributed by atoms with van der Waals surface area (Å²) in [5.74, 6) is -2.89. The van der Waals surface area contributed by atoms with Crippen molar-refractivity contribution in [2.24, 2.45) is 0 Å². The van der Waals surface area contributed by atoms with Crippen molar-refractivity contribution in [2.75, 3.05) is 0 Å². The molecule has 1 aromatic rings. The van der Waals surface area contributed by atoms with Crippen molar-refractivity contribution in [1.82, 2.24) is 4.98 Å². The quantitative estimate of drug-likeness (QED) is 0.787. The second-order valence-corrected chi connectivity index (χ2v) is 5.53. The highest BCUT2D eigenvalue weighted by molar-refractivity contribution is 9.10. The van der Waals surface area contributed by atoms with E-state index in [1.54, 1.807) is 26.8 Å². The molecular weight excluding hydrogens is 303 g/mol. The highest BCUT2D eigenvalue weighted by Gasteiger charge is 2.30. The maximum atomic E-state index is 13.6. The molecule has 0 aliphatic carbocycles. The lowest BCUT2D eigenvalue weighted by Crippen LogP contribution is -2.28. The molecule has 1 heterocycles. The summed E-state index contributed by atoms with van der Waals surface area (Å²) in [7, 11) is 0. The minimum atomic E-state index is -1.36. The monoisotopic (exact) mass is 314 g/mol. The summed E-state index contributed by atoms with van der Waals surface area (Å²) >= 11 is 3.05. The van der Waals surface area contributed by atoms with Gasteiger partial charge in [0.15, 0.2) is 5.92 Å². The van der Waals surface area contributed by atoms with E-state index in [1.165, 1.54) is 6.20 Å². The van der Waals surface area contributed by atoms with Gasteiger partial charge in [0, 0.05) is 10.7 Å². The molecule has 1 unspecified atom stereocenters. The zero-order valence-electron chi connectivity index (χ0n) is 10.2. The maximum Gasteiger partial charge on any atom is 0.330 e. The number of nitrogens with zero attached hydrogens (tertiary/aromatic N) is 2. The minimum absolute atomic E-state index is 0.227. The molecule has 1 atom stereocenters. The van der Waals surface area contributed by atoms with E-state index < -0.39 is 23.3 Å². The molecule has 0 spiro atoms. The van der Waals surface area contributed by atoms with Gasteiger partial charge in [0.25, 0.3) is 0 Å². The van der Waals surface area contributed by atoms with Crippen LogP contribution in [-0.2, 0) is 9.53 Å². The third kappa shape index (κ3) is 3.77. The standard InChI is InChI=1S/C12H12BrFN2O2/c1-12(2,3)18-11(17)8(5-15)10-9(14)4-7(13)6-16-10/h4,6,8H,1-3H3. The molecule has 0 aliphatic heterocycles. The highest BCUT2D eigenvalue weighted by Crippen LogP contribution is 2.22. The lowest BCUT2D eigenvalue weighted by molar-refractivity contribution is -0.155. The number of carbonyl (C=O) groups excluding carboxylic acids is 1.